The first kappa shape index (κ1) is 16.4. The molecule has 1 atom stereocenters. The van der Waals surface area contributed by atoms with Crippen LogP contribution in [0.4, 0.5) is 0 Å². The van der Waals surface area contributed by atoms with Crippen molar-refractivity contribution < 1.29 is 0 Å². The van der Waals surface area contributed by atoms with E-state index >= 15 is 0 Å². The Morgan fingerprint density at radius 2 is 1.43 bits per heavy atom. The molecule has 0 heterocycles. The van der Waals surface area contributed by atoms with E-state index in [4.69, 9.17) is 23.2 Å². The highest BCUT2D eigenvalue weighted by atomic mass is 35.5. The molecule has 0 bridgehead atoms. The van der Waals surface area contributed by atoms with Gasteiger partial charge in [0, 0.05) is 16.1 Å². The smallest absolute Gasteiger partial charge is 0.0453 e. The molecular weight excluding hydrogens is 301 g/mol. The van der Waals surface area contributed by atoms with Crippen LogP contribution in [-0.4, -0.2) is 7.05 Å². The molecular formula is C18H21Cl2N. The van der Waals surface area contributed by atoms with Crippen LogP contribution < -0.4 is 5.32 Å². The Morgan fingerprint density at radius 3 is 1.90 bits per heavy atom. The van der Waals surface area contributed by atoms with Crippen molar-refractivity contribution in [2.24, 2.45) is 0 Å². The lowest BCUT2D eigenvalue weighted by Gasteiger charge is -2.19. The number of hydrogen-bond donors (Lipinski definition) is 1. The van der Waals surface area contributed by atoms with E-state index in [1.54, 1.807) is 0 Å². The first-order valence-corrected chi connectivity index (χ1v) is 7.98. The lowest BCUT2D eigenvalue weighted by atomic mass is 9.95. The minimum absolute atomic E-state index is 0.198. The summed E-state index contributed by atoms with van der Waals surface area (Å²) in [6.45, 7) is 4.40. The Labute approximate surface area is 137 Å². The zero-order valence-electron chi connectivity index (χ0n) is 12.7. The van der Waals surface area contributed by atoms with Crippen molar-refractivity contribution in [3.63, 3.8) is 0 Å². The lowest BCUT2D eigenvalue weighted by molar-refractivity contribution is 0.592. The topological polar surface area (TPSA) is 12.0 Å². The average Bonchev–Trinajstić information content (AvgIpc) is 2.47. The normalized spacial score (nSPS) is 12.7. The molecule has 3 heteroatoms. The maximum atomic E-state index is 6.27. The van der Waals surface area contributed by atoms with E-state index in [2.05, 4.69) is 43.4 Å². The van der Waals surface area contributed by atoms with Gasteiger partial charge < -0.3 is 5.32 Å². The monoisotopic (exact) mass is 321 g/mol. The summed E-state index contributed by atoms with van der Waals surface area (Å²) in [5.74, 6) is 0.546. The second-order valence-electron chi connectivity index (χ2n) is 5.57. The van der Waals surface area contributed by atoms with Crippen LogP contribution in [0.1, 0.15) is 42.5 Å². The zero-order chi connectivity index (χ0) is 15.4. The van der Waals surface area contributed by atoms with Crippen LogP contribution in [0.5, 0.6) is 0 Å². The van der Waals surface area contributed by atoms with Crippen LogP contribution >= 0.6 is 23.2 Å². The van der Waals surface area contributed by atoms with Crippen molar-refractivity contribution in [2.45, 2.75) is 32.2 Å². The molecule has 2 aromatic carbocycles. The largest absolute Gasteiger partial charge is 0.313 e. The molecule has 0 radical (unpaired) electrons. The summed E-state index contributed by atoms with van der Waals surface area (Å²) in [5, 5.41) is 4.80. The molecule has 0 aliphatic rings. The summed E-state index contributed by atoms with van der Waals surface area (Å²) in [7, 11) is 1.96. The van der Waals surface area contributed by atoms with E-state index in [0.717, 1.165) is 22.0 Å². The van der Waals surface area contributed by atoms with Crippen molar-refractivity contribution in [1.29, 1.82) is 0 Å². The Kier molecular flexibility index (Phi) is 5.69. The molecule has 0 amide bonds. The third-order valence-corrected chi connectivity index (χ3v) is 4.53. The van der Waals surface area contributed by atoms with Crippen LogP contribution in [0, 0.1) is 0 Å². The van der Waals surface area contributed by atoms with Crippen LogP contribution in [0.25, 0.3) is 0 Å². The predicted molar refractivity (Wildman–Crippen MR) is 92.5 cm³/mol. The van der Waals surface area contributed by atoms with Crippen molar-refractivity contribution in [2.75, 3.05) is 7.05 Å². The Morgan fingerprint density at radius 1 is 0.905 bits per heavy atom. The van der Waals surface area contributed by atoms with E-state index < -0.39 is 0 Å². The zero-order valence-corrected chi connectivity index (χ0v) is 14.2. The Balaban J connectivity index is 2.24. The molecule has 112 valence electrons. The Bertz CT molecular complexity index is 570. The van der Waals surface area contributed by atoms with Crippen molar-refractivity contribution >= 4 is 23.2 Å². The van der Waals surface area contributed by atoms with Crippen molar-refractivity contribution in [1.82, 2.24) is 5.32 Å². The molecule has 0 saturated heterocycles. The van der Waals surface area contributed by atoms with Gasteiger partial charge in [-0.05, 0) is 48.2 Å². The second-order valence-corrected chi connectivity index (χ2v) is 6.38. The van der Waals surface area contributed by atoms with Gasteiger partial charge in [0.25, 0.3) is 0 Å². The highest BCUT2D eigenvalue weighted by molar-refractivity contribution is 6.36. The molecule has 1 unspecified atom stereocenters. The Hall–Kier alpha value is -1.02. The second kappa shape index (κ2) is 7.31. The van der Waals surface area contributed by atoms with E-state index in [0.29, 0.717) is 5.92 Å². The predicted octanol–water partition coefficient (Wildman–Crippen LogP) is 5.62. The maximum absolute atomic E-state index is 6.27. The number of nitrogens with one attached hydrogen (secondary N) is 1. The minimum atomic E-state index is 0.198. The summed E-state index contributed by atoms with van der Waals surface area (Å²) in [6, 6.07) is 14.6. The molecule has 1 nitrogen and oxygen atoms in total. The van der Waals surface area contributed by atoms with Gasteiger partial charge in [-0.25, -0.2) is 0 Å². The third-order valence-electron chi connectivity index (χ3n) is 3.82. The van der Waals surface area contributed by atoms with Crippen LogP contribution in [0.2, 0.25) is 10.0 Å². The van der Waals surface area contributed by atoms with Gasteiger partial charge in [0.2, 0.25) is 0 Å². The molecule has 1 N–H and O–H groups in total. The fourth-order valence-electron chi connectivity index (χ4n) is 2.43. The average molecular weight is 322 g/mol. The number of benzene rings is 2. The first-order valence-electron chi connectivity index (χ1n) is 7.23. The van der Waals surface area contributed by atoms with Gasteiger partial charge >= 0.3 is 0 Å². The number of hydrogen-bond acceptors (Lipinski definition) is 1. The summed E-state index contributed by atoms with van der Waals surface area (Å²) in [5.41, 5.74) is 3.59. The standard InChI is InChI=1S/C18H21Cl2N/c1-12(2)13-7-9-14(10-8-13)18(21-3)11-15-16(19)5-4-6-17(15)20/h4-10,12,18,21H,11H2,1-3H3. The summed E-state index contributed by atoms with van der Waals surface area (Å²) in [4.78, 5) is 0. The van der Waals surface area contributed by atoms with Gasteiger partial charge in [0.15, 0.2) is 0 Å². The number of rotatable bonds is 5. The third kappa shape index (κ3) is 4.00. The maximum Gasteiger partial charge on any atom is 0.0453 e. The molecule has 0 fully saturated rings. The molecule has 2 aromatic rings. The highest BCUT2D eigenvalue weighted by Gasteiger charge is 2.14. The van der Waals surface area contributed by atoms with Crippen molar-refractivity contribution in [3.8, 4) is 0 Å². The fraction of sp³-hybridized carbons (Fsp3) is 0.333. The quantitative estimate of drug-likeness (QED) is 0.753. The molecule has 0 aliphatic carbocycles. The van der Waals surface area contributed by atoms with Gasteiger partial charge in [-0.2, -0.15) is 0 Å². The van der Waals surface area contributed by atoms with Gasteiger partial charge in [-0.1, -0.05) is 67.4 Å². The van der Waals surface area contributed by atoms with E-state index in [1.165, 1.54) is 11.1 Å². The van der Waals surface area contributed by atoms with E-state index in [9.17, 15) is 0 Å². The first-order chi connectivity index (χ1) is 10.0. The molecule has 0 aromatic heterocycles. The van der Waals surface area contributed by atoms with Gasteiger partial charge in [0.1, 0.15) is 0 Å². The fourth-order valence-corrected chi connectivity index (χ4v) is 2.98. The highest BCUT2D eigenvalue weighted by Crippen LogP contribution is 2.29. The molecule has 21 heavy (non-hydrogen) atoms. The lowest BCUT2D eigenvalue weighted by Crippen LogP contribution is -2.19. The number of likely N-dealkylation sites (N-methyl/N-ethyl adjacent to an activating group) is 1. The number of halogens is 2. The van der Waals surface area contributed by atoms with Crippen LogP contribution in [0.15, 0.2) is 42.5 Å². The van der Waals surface area contributed by atoms with E-state index in [-0.39, 0.29) is 6.04 Å². The minimum Gasteiger partial charge on any atom is -0.313 e. The molecule has 0 saturated carbocycles. The summed E-state index contributed by atoms with van der Waals surface area (Å²) >= 11 is 12.5. The van der Waals surface area contributed by atoms with E-state index in [1.807, 2.05) is 25.2 Å². The van der Waals surface area contributed by atoms with Gasteiger partial charge in [0.05, 0.1) is 0 Å². The molecule has 0 aliphatic heterocycles. The van der Waals surface area contributed by atoms with Gasteiger partial charge in [-0.15, -0.1) is 0 Å². The molecule has 2 rings (SSSR count). The van der Waals surface area contributed by atoms with Crippen LogP contribution in [-0.2, 0) is 6.42 Å². The van der Waals surface area contributed by atoms with Gasteiger partial charge in [-0.3, -0.25) is 0 Å². The molecule has 0 spiro atoms. The van der Waals surface area contributed by atoms with Crippen molar-refractivity contribution in [3.05, 3.63) is 69.2 Å². The summed E-state index contributed by atoms with van der Waals surface area (Å²) < 4.78 is 0. The van der Waals surface area contributed by atoms with Crippen LogP contribution in [0.3, 0.4) is 0 Å². The SMILES string of the molecule is CNC(Cc1c(Cl)cccc1Cl)c1ccc(C(C)C)cc1. The summed E-state index contributed by atoms with van der Waals surface area (Å²) in [6.07, 6.45) is 0.774.